The van der Waals surface area contributed by atoms with E-state index in [2.05, 4.69) is 36.5 Å². The van der Waals surface area contributed by atoms with Crippen molar-refractivity contribution >= 4 is 5.91 Å². The van der Waals surface area contributed by atoms with Crippen LogP contribution in [0.1, 0.15) is 50.5 Å². The quantitative estimate of drug-likeness (QED) is 0.845. The molecule has 0 heterocycles. The Balaban J connectivity index is 1.85. The summed E-state index contributed by atoms with van der Waals surface area (Å²) >= 11 is 0. The van der Waals surface area contributed by atoms with Gasteiger partial charge in [0, 0.05) is 18.4 Å². The molecular weight excluding hydrogens is 222 g/mol. The number of nitrogens with one attached hydrogen (secondary N) is 1. The number of carbonyl (C=O) groups excluding carboxylic acids is 1. The summed E-state index contributed by atoms with van der Waals surface area (Å²) in [5.74, 6) is 0.983. The Hall–Kier alpha value is -1.31. The van der Waals surface area contributed by atoms with Gasteiger partial charge in [0.1, 0.15) is 0 Å². The summed E-state index contributed by atoms with van der Waals surface area (Å²) in [5.41, 5.74) is 1.33. The van der Waals surface area contributed by atoms with Crippen molar-refractivity contribution in [3.8, 4) is 0 Å². The van der Waals surface area contributed by atoms with Gasteiger partial charge in [-0.05, 0) is 24.8 Å². The molecule has 1 aromatic rings. The van der Waals surface area contributed by atoms with Crippen molar-refractivity contribution < 1.29 is 4.79 Å². The van der Waals surface area contributed by atoms with Gasteiger partial charge in [-0.1, -0.05) is 50.1 Å². The predicted octanol–water partition coefficient (Wildman–Crippen LogP) is 3.49. The van der Waals surface area contributed by atoms with Crippen molar-refractivity contribution in [2.75, 3.05) is 6.54 Å². The van der Waals surface area contributed by atoms with Gasteiger partial charge in [-0.25, -0.2) is 0 Å². The van der Waals surface area contributed by atoms with E-state index in [1.165, 1.54) is 18.4 Å². The Kier molecular flexibility index (Phi) is 4.80. The van der Waals surface area contributed by atoms with Crippen LogP contribution in [0.5, 0.6) is 0 Å². The van der Waals surface area contributed by atoms with E-state index in [1.54, 1.807) is 0 Å². The van der Waals surface area contributed by atoms with Crippen LogP contribution < -0.4 is 5.32 Å². The molecule has 1 atom stereocenters. The van der Waals surface area contributed by atoms with Crippen LogP contribution in [0.2, 0.25) is 0 Å². The van der Waals surface area contributed by atoms with E-state index < -0.39 is 0 Å². The highest BCUT2D eigenvalue weighted by Gasteiger charge is 2.22. The molecule has 0 spiro atoms. The third kappa shape index (κ3) is 3.34. The van der Waals surface area contributed by atoms with Crippen LogP contribution in [0.15, 0.2) is 30.3 Å². The maximum atomic E-state index is 12.0. The summed E-state index contributed by atoms with van der Waals surface area (Å²) in [6.07, 6.45) is 5.65. The van der Waals surface area contributed by atoms with E-state index in [4.69, 9.17) is 0 Å². The standard InChI is InChI=1S/C16H23NO/c1-2-13(14-8-4-3-5-9-14)12-17-16(18)15-10-6-7-11-15/h3-5,8-9,13,15H,2,6-7,10-12H2,1H3,(H,17,18). The average Bonchev–Trinajstić information content (AvgIpc) is 2.94. The Bertz CT molecular complexity index is 368. The van der Waals surface area contributed by atoms with Crippen molar-refractivity contribution in [3.05, 3.63) is 35.9 Å². The van der Waals surface area contributed by atoms with Crippen molar-refractivity contribution in [3.63, 3.8) is 0 Å². The number of benzene rings is 1. The normalized spacial score (nSPS) is 17.6. The second-order valence-electron chi connectivity index (χ2n) is 5.24. The van der Waals surface area contributed by atoms with Gasteiger partial charge < -0.3 is 5.32 Å². The van der Waals surface area contributed by atoms with E-state index in [0.29, 0.717) is 5.92 Å². The summed E-state index contributed by atoms with van der Waals surface area (Å²) < 4.78 is 0. The molecule has 18 heavy (non-hydrogen) atoms. The van der Waals surface area contributed by atoms with Gasteiger partial charge in [0.05, 0.1) is 0 Å². The fourth-order valence-electron chi connectivity index (χ4n) is 2.78. The maximum absolute atomic E-state index is 12.0. The molecule has 0 bridgehead atoms. The highest BCUT2D eigenvalue weighted by molar-refractivity contribution is 5.78. The summed E-state index contributed by atoms with van der Waals surface area (Å²) in [5, 5.41) is 3.14. The molecule has 1 amide bonds. The van der Waals surface area contributed by atoms with Crippen LogP contribution in [0.25, 0.3) is 0 Å². The number of hydrogen-bond donors (Lipinski definition) is 1. The Labute approximate surface area is 110 Å². The molecule has 1 aromatic carbocycles. The fourth-order valence-corrected chi connectivity index (χ4v) is 2.78. The van der Waals surface area contributed by atoms with Crippen molar-refractivity contribution in [1.29, 1.82) is 0 Å². The lowest BCUT2D eigenvalue weighted by Gasteiger charge is -2.18. The van der Waals surface area contributed by atoms with Gasteiger partial charge in [0.25, 0.3) is 0 Å². The van der Waals surface area contributed by atoms with E-state index >= 15 is 0 Å². The van der Waals surface area contributed by atoms with E-state index in [9.17, 15) is 4.79 Å². The molecule has 2 rings (SSSR count). The van der Waals surface area contributed by atoms with Gasteiger partial charge in [0.15, 0.2) is 0 Å². The zero-order valence-electron chi connectivity index (χ0n) is 11.2. The lowest BCUT2D eigenvalue weighted by Crippen LogP contribution is -2.32. The summed E-state index contributed by atoms with van der Waals surface area (Å²) in [7, 11) is 0. The fraction of sp³-hybridized carbons (Fsp3) is 0.562. The molecule has 0 aliphatic heterocycles. The van der Waals surface area contributed by atoms with Crippen LogP contribution in [0, 0.1) is 5.92 Å². The Morgan fingerprint density at radius 3 is 2.56 bits per heavy atom. The highest BCUT2D eigenvalue weighted by atomic mass is 16.1. The topological polar surface area (TPSA) is 29.1 Å². The number of amides is 1. The largest absolute Gasteiger partial charge is 0.355 e. The minimum Gasteiger partial charge on any atom is -0.355 e. The first kappa shape index (κ1) is 13.1. The van der Waals surface area contributed by atoms with Gasteiger partial charge in [0.2, 0.25) is 5.91 Å². The lowest BCUT2D eigenvalue weighted by atomic mass is 9.96. The molecule has 1 unspecified atom stereocenters. The lowest BCUT2D eigenvalue weighted by molar-refractivity contribution is -0.124. The molecule has 1 aliphatic carbocycles. The Morgan fingerprint density at radius 2 is 1.94 bits per heavy atom. The third-order valence-electron chi connectivity index (χ3n) is 4.01. The number of hydrogen-bond acceptors (Lipinski definition) is 1. The van der Waals surface area contributed by atoms with Gasteiger partial charge in [-0.2, -0.15) is 0 Å². The molecule has 2 heteroatoms. The van der Waals surface area contributed by atoms with Gasteiger partial charge in [-0.15, -0.1) is 0 Å². The van der Waals surface area contributed by atoms with Crippen LogP contribution in [-0.2, 0) is 4.79 Å². The molecule has 1 N–H and O–H groups in total. The van der Waals surface area contributed by atoms with Crippen molar-refractivity contribution in [2.24, 2.45) is 5.92 Å². The molecular formula is C16H23NO. The third-order valence-corrected chi connectivity index (χ3v) is 4.01. The Morgan fingerprint density at radius 1 is 1.28 bits per heavy atom. The van der Waals surface area contributed by atoms with E-state index in [-0.39, 0.29) is 11.8 Å². The minimum absolute atomic E-state index is 0.266. The smallest absolute Gasteiger partial charge is 0.223 e. The average molecular weight is 245 g/mol. The molecule has 1 fully saturated rings. The summed E-state index contributed by atoms with van der Waals surface area (Å²) in [6.45, 7) is 2.95. The second-order valence-corrected chi connectivity index (χ2v) is 5.24. The molecule has 0 aromatic heterocycles. The van der Waals surface area contributed by atoms with Crippen LogP contribution >= 0.6 is 0 Å². The second kappa shape index (κ2) is 6.58. The van der Waals surface area contributed by atoms with Crippen LogP contribution in [0.3, 0.4) is 0 Å². The zero-order chi connectivity index (χ0) is 12.8. The molecule has 1 aliphatic rings. The number of carbonyl (C=O) groups is 1. The van der Waals surface area contributed by atoms with Crippen molar-refractivity contribution in [2.45, 2.75) is 44.9 Å². The predicted molar refractivity (Wildman–Crippen MR) is 74.4 cm³/mol. The summed E-state index contributed by atoms with van der Waals surface area (Å²) in [6, 6.07) is 10.5. The summed E-state index contributed by atoms with van der Waals surface area (Å²) in [4.78, 5) is 12.0. The maximum Gasteiger partial charge on any atom is 0.223 e. The molecule has 0 radical (unpaired) electrons. The van der Waals surface area contributed by atoms with Gasteiger partial charge >= 0.3 is 0 Å². The molecule has 0 saturated heterocycles. The SMILES string of the molecule is CCC(CNC(=O)C1CCCC1)c1ccccc1. The monoisotopic (exact) mass is 245 g/mol. The van der Waals surface area contributed by atoms with Crippen LogP contribution in [0.4, 0.5) is 0 Å². The zero-order valence-corrected chi connectivity index (χ0v) is 11.2. The first-order valence-electron chi connectivity index (χ1n) is 7.14. The molecule has 98 valence electrons. The van der Waals surface area contributed by atoms with Crippen LogP contribution in [-0.4, -0.2) is 12.5 Å². The minimum atomic E-state index is 0.266. The first-order chi connectivity index (χ1) is 8.81. The van der Waals surface area contributed by atoms with E-state index in [0.717, 1.165) is 25.8 Å². The van der Waals surface area contributed by atoms with Crippen molar-refractivity contribution in [1.82, 2.24) is 5.32 Å². The van der Waals surface area contributed by atoms with Gasteiger partial charge in [-0.3, -0.25) is 4.79 Å². The number of rotatable bonds is 5. The molecule has 1 saturated carbocycles. The molecule has 2 nitrogen and oxygen atoms in total. The highest BCUT2D eigenvalue weighted by Crippen LogP contribution is 2.25. The first-order valence-corrected chi connectivity index (χ1v) is 7.14. The van der Waals surface area contributed by atoms with E-state index in [1.807, 2.05) is 6.07 Å².